The summed E-state index contributed by atoms with van der Waals surface area (Å²) in [4.78, 5) is 0. The molecule has 0 amide bonds. The Labute approximate surface area is 121 Å². The normalized spacial score (nSPS) is 11.7. The summed E-state index contributed by atoms with van der Waals surface area (Å²) in [6, 6.07) is 18.9. The predicted molar refractivity (Wildman–Crippen MR) is 84.3 cm³/mol. The first-order valence-electron chi connectivity index (χ1n) is 6.42. The standard InChI is InChI=1S/C16H20N2.ClH/c17-11-5-10-16(18)15-9-4-8-14(12-15)13-6-2-1-3-7-13;/h1-4,6-9,12,16H,5,10-11,17-18H2;1H/t16-;/m0./s1. The van der Waals surface area contributed by atoms with Crippen LogP contribution in [0.2, 0.25) is 0 Å². The van der Waals surface area contributed by atoms with Gasteiger partial charge in [-0.2, -0.15) is 0 Å². The van der Waals surface area contributed by atoms with Crippen molar-refractivity contribution < 1.29 is 0 Å². The fourth-order valence-corrected chi connectivity index (χ4v) is 2.08. The highest BCUT2D eigenvalue weighted by Gasteiger charge is 2.06. The van der Waals surface area contributed by atoms with Crippen LogP contribution in [-0.2, 0) is 0 Å². The van der Waals surface area contributed by atoms with E-state index in [0.717, 1.165) is 12.8 Å². The van der Waals surface area contributed by atoms with Gasteiger partial charge in [-0.15, -0.1) is 12.4 Å². The second-order valence-corrected chi connectivity index (χ2v) is 4.53. The Hall–Kier alpha value is -1.35. The molecular weight excluding hydrogens is 256 g/mol. The maximum absolute atomic E-state index is 6.17. The number of halogens is 1. The van der Waals surface area contributed by atoms with E-state index in [4.69, 9.17) is 11.5 Å². The van der Waals surface area contributed by atoms with Crippen molar-refractivity contribution in [2.75, 3.05) is 6.54 Å². The molecule has 4 N–H and O–H groups in total. The van der Waals surface area contributed by atoms with E-state index >= 15 is 0 Å². The van der Waals surface area contributed by atoms with Gasteiger partial charge in [-0.3, -0.25) is 0 Å². The molecule has 0 radical (unpaired) electrons. The van der Waals surface area contributed by atoms with Gasteiger partial charge in [0.05, 0.1) is 0 Å². The molecule has 3 heteroatoms. The van der Waals surface area contributed by atoms with Crippen LogP contribution >= 0.6 is 12.4 Å². The van der Waals surface area contributed by atoms with Crippen molar-refractivity contribution >= 4 is 12.4 Å². The lowest BCUT2D eigenvalue weighted by Crippen LogP contribution is -2.12. The van der Waals surface area contributed by atoms with Gasteiger partial charge in [0.1, 0.15) is 0 Å². The highest BCUT2D eigenvalue weighted by atomic mass is 35.5. The van der Waals surface area contributed by atoms with Crippen molar-refractivity contribution in [3.05, 3.63) is 60.2 Å². The summed E-state index contributed by atoms with van der Waals surface area (Å²) in [5.41, 5.74) is 15.3. The number of benzene rings is 2. The quantitative estimate of drug-likeness (QED) is 0.878. The van der Waals surface area contributed by atoms with E-state index in [9.17, 15) is 0 Å². The fraction of sp³-hybridized carbons (Fsp3) is 0.250. The van der Waals surface area contributed by atoms with Crippen molar-refractivity contribution in [3.63, 3.8) is 0 Å². The summed E-state index contributed by atoms with van der Waals surface area (Å²) < 4.78 is 0. The lowest BCUT2D eigenvalue weighted by molar-refractivity contribution is 0.618. The molecule has 0 fully saturated rings. The van der Waals surface area contributed by atoms with E-state index in [1.54, 1.807) is 0 Å². The maximum Gasteiger partial charge on any atom is 0.0295 e. The molecule has 0 spiro atoms. The van der Waals surface area contributed by atoms with Gasteiger partial charge in [-0.05, 0) is 42.1 Å². The Morgan fingerprint density at radius 2 is 1.58 bits per heavy atom. The second kappa shape index (κ2) is 7.95. The number of nitrogens with two attached hydrogens (primary N) is 2. The zero-order valence-corrected chi connectivity index (χ0v) is 11.8. The average Bonchev–Trinajstić information content (AvgIpc) is 2.46. The molecular formula is C16H21ClN2. The summed E-state index contributed by atoms with van der Waals surface area (Å²) in [6.45, 7) is 0.700. The van der Waals surface area contributed by atoms with Crippen molar-refractivity contribution in [1.29, 1.82) is 0 Å². The van der Waals surface area contributed by atoms with Crippen LogP contribution in [0.25, 0.3) is 11.1 Å². The van der Waals surface area contributed by atoms with Crippen molar-refractivity contribution in [2.45, 2.75) is 18.9 Å². The molecule has 0 aliphatic rings. The second-order valence-electron chi connectivity index (χ2n) is 4.53. The first-order valence-corrected chi connectivity index (χ1v) is 6.42. The highest BCUT2D eigenvalue weighted by molar-refractivity contribution is 5.85. The van der Waals surface area contributed by atoms with Gasteiger partial charge in [0, 0.05) is 6.04 Å². The number of hydrogen-bond donors (Lipinski definition) is 2. The molecule has 2 rings (SSSR count). The van der Waals surface area contributed by atoms with Crippen molar-refractivity contribution in [3.8, 4) is 11.1 Å². The molecule has 2 aromatic carbocycles. The summed E-state index contributed by atoms with van der Waals surface area (Å²) in [6.07, 6.45) is 1.91. The van der Waals surface area contributed by atoms with Crippen LogP contribution in [-0.4, -0.2) is 6.54 Å². The van der Waals surface area contributed by atoms with E-state index < -0.39 is 0 Å². The molecule has 0 unspecified atom stereocenters. The molecule has 19 heavy (non-hydrogen) atoms. The number of hydrogen-bond acceptors (Lipinski definition) is 2. The van der Waals surface area contributed by atoms with E-state index in [1.807, 2.05) is 6.07 Å². The number of rotatable bonds is 5. The van der Waals surface area contributed by atoms with E-state index in [0.29, 0.717) is 6.54 Å². The molecule has 0 aliphatic carbocycles. The van der Waals surface area contributed by atoms with Gasteiger partial charge >= 0.3 is 0 Å². The summed E-state index contributed by atoms with van der Waals surface area (Å²) in [7, 11) is 0. The van der Waals surface area contributed by atoms with Gasteiger partial charge in [0.2, 0.25) is 0 Å². The topological polar surface area (TPSA) is 52.0 Å². The lowest BCUT2D eigenvalue weighted by atomic mass is 9.97. The van der Waals surface area contributed by atoms with E-state index in [-0.39, 0.29) is 18.4 Å². The Bertz CT molecular complexity index is 485. The SMILES string of the molecule is Cl.NCCC[C@H](N)c1cccc(-c2ccccc2)c1. The third kappa shape index (κ3) is 4.35. The molecule has 2 aromatic rings. The third-order valence-corrected chi connectivity index (χ3v) is 3.14. The molecule has 0 aromatic heterocycles. The van der Waals surface area contributed by atoms with Gasteiger partial charge in [0.25, 0.3) is 0 Å². The zero-order valence-electron chi connectivity index (χ0n) is 11.0. The molecule has 2 nitrogen and oxygen atoms in total. The van der Waals surface area contributed by atoms with Crippen LogP contribution in [0.5, 0.6) is 0 Å². The minimum absolute atomic E-state index is 0. The monoisotopic (exact) mass is 276 g/mol. The van der Waals surface area contributed by atoms with Crippen LogP contribution < -0.4 is 11.5 Å². The highest BCUT2D eigenvalue weighted by Crippen LogP contribution is 2.23. The van der Waals surface area contributed by atoms with Crippen LogP contribution in [0.3, 0.4) is 0 Å². The smallest absolute Gasteiger partial charge is 0.0295 e. The molecule has 0 saturated heterocycles. The van der Waals surface area contributed by atoms with Gasteiger partial charge < -0.3 is 11.5 Å². The molecule has 102 valence electrons. The minimum atomic E-state index is 0. The summed E-state index contributed by atoms with van der Waals surface area (Å²) >= 11 is 0. The first kappa shape index (κ1) is 15.7. The Morgan fingerprint density at radius 3 is 2.26 bits per heavy atom. The van der Waals surface area contributed by atoms with Crippen molar-refractivity contribution in [1.82, 2.24) is 0 Å². The molecule has 0 aliphatic heterocycles. The minimum Gasteiger partial charge on any atom is -0.330 e. The molecule has 0 saturated carbocycles. The van der Waals surface area contributed by atoms with E-state index in [2.05, 4.69) is 48.5 Å². The third-order valence-electron chi connectivity index (χ3n) is 3.14. The van der Waals surface area contributed by atoms with Gasteiger partial charge in [0.15, 0.2) is 0 Å². The van der Waals surface area contributed by atoms with Gasteiger partial charge in [-0.1, -0.05) is 48.5 Å². The maximum atomic E-state index is 6.17. The van der Waals surface area contributed by atoms with Gasteiger partial charge in [-0.25, -0.2) is 0 Å². The first-order chi connectivity index (χ1) is 8.81. The fourth-order valence-electron chi connectivity index (χ4n) is 2.08. The lowest BCUT2D eigenvalue weighted by Gasteiger charge is -2.13. The molecule has 1 atom stereocenters. The van der Waals surface area contributed by atoms with Crippen LogP contribution in [0.4, 0.5) is 0 Å². The molecule has 0 heterocycles. The Kier molecular flexibility index (Phi) is 6.57. The average molecular weight is 277 g/mol. The zero-order chi connectivity index (χ0) is 12.8. The predicted octanol–water partition coefficient (Wildman–Crippen LogP) is 3.51. The van der Waals surface area contributed by atoms with Crippen LogP contribution in [0.15, 0.2) is 54.6 Å². The Balaban J connectivity index is 0.00000180. The summed E-state index contributed by atoms with van der Waals surface area (Å²) in [5.74, 6) is 0. The Morgan fingerprint density at radius 1 is 0.895 bits per heavy atom. The van der Waals surface area contributed by atoms with Crippen molar-refractivity contribution in [2.24, 2.45) is 11.5 Å². The summed E-state index contributed by atoms with van der Waals surface area (Å²) in [5, 5.41) is 0. The van der Waals surface area contributed by atoms with Crippen LogP contribution in [0.1, 0.15) is 24.4 Å². The van der Waals surface area contributed by atoms with E-state index in [1.165, 1.54) is 16.7 Å². The van der Waals surface area contributed by atoms with Crippen LogP contribution in [0, 0.1) is 0 Å². The molecule has 0 bridgehead atoms. The largest absolute Gasteiger partial charge is 0.330 e.